The summed E-state index contributed by atoms with van der Waals surface area (Å²) < 4.78 is 17.9. The molecule has 12 heteroatoms. The lowest BCUT2D eigenvalue weighted by atomic mass is 10.0. The molecule has 6 rings (SSSR count). The monoisotopic (exact) mass is 569 g/mol. The lowest BCUT2D eigenvalue weighted by Gasteiger charge is -2.42. The van der Waals surface area contributed by atoms with Crippen LogP contribution in [0.2, 0.25) is 0 Å². The van der Waals surface area contributed by atoms with Crippen LogP contribution in [0.4, 0.5) is 5.82 Å². The summed E-state index contributed by atoms with van der Waals surface area (Å²) in [6.07, 6.45) is 7.48. The molecule has 12 nitrogen and oxygen atoms in total. The highest BCUT2D eigenvalue weighted by molar-refractivity contribution is 5.95. The Morgan fingerprint density at radius 3 is 2.67 bits per heavy atom. The molecule has 0 bridgehead atoms. The highest BCUT2D eigenvalue weighted by atomic mass is 16.7. The quantitative estimate of drug-likeness (QED) is 0.324. The Labute approximate surface area is 242 Å². The number of hydrogen-bond donors (Lipinski definition) is 1. The summed E-state index contributed by atoms with van der Waals surface area (Å²) in [6.45, 7) is 2.12. The number of imidazole rings is 1. The molecule has 4 aromatic rings. The maximum atomic E-state index is 13.6. The molecule has 1 atom stereocenters. The molecule has 2 aromatic carbocycles. The number of aromatic nitrogens is 4. The van der Waals surface area contributed by atoms with Gasteiger partial charge in [-0.1, -0.05) is 6.07 Å². The first-order valence-electron chi connectivity index (χ1n) is 13.7. The van der Waals surface area contributed by atoms with Crippen molar-refractivity contribution in [2.75, 3.05) is 45.0 Å². The first-order chi connectivity index (χ1) is 20.6. The van der Waals surface area contributed by atoms with E-state index in [9.17, 15) is 9.59 Å². The molecule has 1 fully saturated rings. The summed E-state index contributed by atoms with van der Waals surface area (Å²) in [6, 6.07) is 14.3. The number of methoxy groups -OCH3 is 1. The van der Waals surface area contributed by atoms with Gasteiger partial charge < -0.3 is 29.3 Å². The minimum Gasteiger partial charge on any atom is -0.497 e. The van der Waals surface area contributed by atoms with E-state index in [-0.39, 0.29) is 31.1 Å². The summed E-state index contributed by atoms with van der Waals surface area (Å²) in [5, 5.41) is 3.02. The van der Waals surface area contributed by atoms with Gasteiger partial charge in [0.05, 0.1) is 13.2 Å². The summed E-state index contributed by atoms with van der Waals surface area (Å²) in [7, 11) is 1.59. The van der Waals surface area contributed by atoms with Crippen LogP contribution in [0.25, 0.3) is 5.82 Å². The van der Waals surface area contributed by atoms with E-state index in [1.807, 2.05) is 30.5 Å². The zero-order valence-electron chi connectivity index (χ0n) is 23.2. The van der Waals surface area contributed by atoms with Crippen molar-refractivity contribution >= 4 is 17.6 Å². The second-order valence-electron chi connectivity index (χ2n) is 10.0. The molecule has 216 valence electrons. The number of nitrogens with zero attached hydrogens (tertiary/aromatic N) is 6. The minimum atomic E-state index is -0.370. The fourth-order valence-corrected chi connectivity index (χ4v) is 5.18. The van der Waals surface area contributed by atoms with E-state index in [0.29, 0.717) is 49.7 Å². The molecule has 4 heterocycles. The van der Waals surface area contributed by atoms with Crippen LogP contribution in [0.1, 0.15) is 22.3 Å². The van der Waals surface area contributed by atoms with Gasteiger partial charge >= 0.3 is 0 Å². The van der Waals surface area contributed by atoms with Crippen LogP contribution in [0.3, 0.4) is 0 Å². The molecule has 1 N–H and O–H groups in total. The van der Waals surface area contributed by atoms with Crippen molar-refractivity contribution in [3.63, 3.8) is 0 Å². The number of rotatable bonds is 9. The molecule has 1 unspecified atom stereocenters. The standard InChI is InChI=1S/C30H31N7O5/c1-40-24-5-3-22(4-6-24)30(39)37-13-12-35(27-16-28(34-18-33-27)36-11-10-31-19-36)17-23(37)15-29(38)32-9-8-21-2-7-25-26(14-21)42-20-41-25/h2-7,10-11,14,16,18-19,23H,8-9,12-13,15,17,20H2,1H3,(H,32,38). The second-order valence-corrected chi connectivity index (χ2v) is 10.0. The number of nitrogens with one attached hydrogen (secondary N) is 1. The SMILES string of the molecule is COc1ccc(C(=O)N2CCN(c3cc(-n4ccnc4)ncn3)CC2CC(=O)NCCc2ccc3c(c2)OCO3)cc1. The summed E-state index contributed by atoms with van der Waals surface area (Å²) in [5.74, 6) is 3.27. The van der Waals surface area contributed by atoms with Gasteiger partial charge in [0.2, 0.25) is 12.7 Å². The number of amides is 2. The third-order valence-corrected chi connectivity index (χ3v) is 7.41. The molecular weight excluding hydrogens is 538 g/mol. The number of ether oxygens (including phenoxy) is 3. The number of benzene rings is 2. The Kier molecular flexibility index (Phi) is 7.84. The number of hydrogen-bond acceptors (Lipinski definition) is 9. The maximum Gasteiger partial charge on any atom is 0.254 e. The molecule has 0 aliphatic carbocycles. The van der Waals surface area contributed by atoms with Crippen LogP contribution in [-0.2, 0) is 11.2 Å². The van der Waals surface area contributed by atoms with Crippen LogP contribution < -0.4 is 24.4 Å². The Bertz CT molecular complexity index is 1540. The molecule has 2 aromatic heterocycles. The van der Waals surface area contributed by atoms with Crippen molar-refractivity contribution in [2.24, 2.45) is 0 Å². The molecule has 2 aliphatic heterocycles. The summed E-state index contributed by atoms with van der Waals surface area (Å²) in [4.78, 5) is 43.6. The van der Waals surface area contributed by atoms with Gasteiger partial charge in [0.15, 0.2) is 11.5 Å². The molecule has 42 heavy (non-hydrogen) atoms. The molecule has 0 spiro atoms. The third kappa shape index (κ3) is 5.97. The lowest BCUT2D eigenvalue weighted by Crippen LogP contribution is -2.56. The predicted octanol–water partition coefficient (Wildman–Crippen LogP) is 2.48. The van der Waals surface area contributed by atoms with Crippen LogP contribution >= 0.6 is 0 Å². The number of piperazine rings is 1. The Hall–Kier alpha value is -5.13. The number of anilines is 1. The fraction of sp³-hybridized carbons (Fsp3) is 0.300. The van der Waals surface area contributed by atoms with Crippen LogP contribution in [0.15, 0.2) is 73.6 Å². The number of carbonyl (C=O) groups is 2. The predicted molar refractivity (Wildman–Crippen MR) is 153 cm³/mol. The second kappa shape index (κ2) is 12.2. The molecule has 2 amide bonds. The van der Waals surface area contributed by atoms with Gasteiger partial charge in [-0.25, -0.2) is 15.0 Å². The minimum absolute atomic E-state index is 0.128. The van der Waals surface area contributed by atoms with E-state index in [1.54, 1.807) is 53.4 Å². The fourth-order valence-electron chi connectivity index (χ4n) is 5.18. The van der Waals surface area contributed by atoms with Crippen LogP contribution in [0.5, 0.6) is 17.2 Å². The van der Waals surface area contributed by atoms with Crippen molar-refractivity contribution < 1.29 is 23.8 Å². The summed E-state index contributed by atoms with van der Waals surface area (Å²) in [5.41, 5.74) is 1.58. The Balaban J connectivity index is 1.15. The van der Waals surface area contributed by atoms with Crippen molar-refractivity contribution in [1.29, 1.82) is 0 Å². The third-order valence-electron chi connectivity index (χ3n) is 7.41. The normalized spacial score (nSPS) is 15.9. The van der Waals surface area contributed by atoms with Gasteiger partial charge in [0.25, 0.3) is 5.91 Å². The van der Waals surface area contributed by atoms with Gasteiger partial charge in [-0.05, 0) is 48.4 Å². The van der Waals surface area contributed by atoms with E-state index in [2.05, 4.69) is 25.2 Å². The van der Waals surface area contributed by atoms with Gasteiger partial charge in [-0.3, -0.25) is 14.2 Å². The first kappa shape index (κ1) is 27.1. The molecule has 0 saturated carbocycles. The Morgan fingerprint density at radius 1 is 1.02 bits per heavy atom. The van der Waals surface area contributed by atoms with E-state index >= 15 is 0 Å². The van der Waals surface area contributed by atoms with E-state index in [1.165, 1.54) is 6.33 Å². The van der Waals surface area contributed by atoms with Crippen molar-refractivity contribution in [2.45, 2.75) is 18.9 Å². The van der Waals surface area contributed by atoms with E-state index in [4.69, 9.17) is 14.2 Å². The largest absolute Gasteiger partial charge is 0.497 e. The van der Waals surface area contributed by atoms with E-state index in [0.717, 1.165) is 22.9 Å². The zero-order chi connectivity index (χ0) is 28.9. The Morgan fingerprint density at radius 2 is 1.86 bits per heavy atom. The van der Waals surface area contributed by atoms with Gasteiger partial charge in [-0.15, -0.1) is 0 Å². The van der Waals surface area contributed by atoms with Crippen LogP contribution in [0, 0.1) is 0 Å². The van der Waals surface area contributed by atoms with Crippen LogP contribution in [-0.4, -0.2) is 82.4 Å². The maximum absolute atomic E-state index is 13.6. The van der Waals surface area contributed by atoms with Gasteiger partial charge in [0, 0.05) is 56.6 Å². The number of fused-ring (bicyclic) bond motifs is 1. The first-order valence-corrected chi connectivity index (χ1v) is 13.7. The number of carbonyl (C=O) groups excluding carboxylic acids is 2. The van der Waals surface area contributed by atoms with Gasteiger partial charge in [0.1, 0.15) is 30.0 Å². The van der Waals surface area contributed by atoms with Gasteiger partial charge in [-0.2, -0.15) is 0 Å². The molecular formula is C30H31N7O5. The zero-order valence-corrected chi connectivity index (χ0v) is 23.2. The lowest BCUT2D eigenvalue weighted by molar-refractivity contribution is -0.122. The molecule has 1 saturated heterocycles. The highest BCUT2D eigenvalue weighted by Crippen LogP contribution is 2.32. The highest BCUT2D eigenvalue weighted by Gasteiger charge is 2.33. The average Bonchev–Trinajstić information content (AvgIpc) is 3.74. The average molecular weight is 570 g/mol. The van der Waals surface area contributed by atoms with E-state index < -0.39 is 0 Å². The molecule has 2 aliphatic rings. The molecule has 0 radical (unpaired) electrons. The smallest absolute Gasteiger partial charge is 0.254 e. The van der Waals surface area contributed by atoms with Crippen molar-refractivity contribution in [3.05, 3.63) is 84.7 Å². The van der Waals surface area contributed by atoms with Crippen molar-refractivity contribution in [1.82, 2.24) is 29.7 Å². The van der Waals surface area contributed by atoms with Crippen molar-refractivity contribution in [3.8, 4) is 23.1 Å². The topological polar surface area (TPSA) is 124 Å². The summed E-state index contributed by atoms with van der Waals surface area (Å²) >= 11 is 0.